The van der Waals surface area contributed by atoms with Gasteiger partial charge in [0.05, 0.1) is 18.2 Å². The van der Waals surface area contributed by atoms with Crippen LogP contribution in [-0.2, 0) is 4.74 Å². The Kier molecular flexibility index (Phi) is 4.65. The maximum Gasteiger partial charge on any atom is 0.137 e. The highest BCUT2D eigenvalue weighted by Gasteiger charge is 2.06. The normalized spacial score (nSPS) is 12.6. The Hall–Kier alpha value is -1.72. The summed E-state index contributed by atoms with van der Waals surface area (Å²) in [4.78, 5) is 8.55. The number of anilines is 1. The second-order valence-corrected chi connectivity index (χ2v) is 4.52. The van der Waals surface area contributed by atoms with Crippen LogP contribution in [0, 0.1) is 6.92 Å². The van der Waals surface area contributed by atoms with Crippen molar-refractivity contribution >= 4 is 16.7 Å². The van der Waals surface area contributed by atoms with Crippen molar-refractivity contribution < 1.29 is 9.84 Å². The third-order valence-corrected chi connectivity index (χ3v) is 3.00. The first kappa shape index (κ1) is 13.7. The summed E-state index contributed by atoms with van der Waals surface area (Å²) in [6.07, 6.45) is 1.72. The number of aliphatic hydroxyl groups is 1. The monoisotopic (exact) mass is 261 g/mol. The van der Waals surface area contributed by atoms with Crippen LogP contribution in [0.15, 0.2) is 24.5 Å². The van der Waals surface area contributed by atoms with Gasteiger partial charge in [-0.3, -0.25) is 0 Å². The van der Waals surface area contributed by atoms with Gasteiger partial charge in [0, 0.05) is 19.0 Å². The number of benzene rings is 1. The highest BCUT2D eigenvalue weighted by molar-refractivity contribution is 5.90. The van der Waals surface area contributed by atoms with Crippen LogP contribution in [0.2, 0.25) is 0 Å². The fourth-order valence-electron chi connectivity index (χ4n) is 2.01. The van der Waals surface area contributed by atoms with E-state index in [0.717, 1.165) is 22.3 Å². The molecule has 0 radical (unpaired) electrons. The Bertz CT molecular complexity index is 545. The number of hydrogen-bond donors (Lipinski definition) is 2. The lowest BCUT2D eigenvalue weighted by molar-refractivity contribution is 0.0615. The largest absolute Gasteiger partial charge is 0.391 e. The molecule has 5 heteroatoms. The van der Waals surface area contributed by atoms with Gasteiger partial charge in [-0.15, -0.1) is 0 Å². The molecule has 1 heterocycles. The molecule has 19 heavy (non-hydrogen) atoms. The molecule has 1 aromatic carbocycles. The summed E-state index contributed by atoms with van der Waals surface area (Å²) in [5.74, 6) is 0.804. The molecule has 0 saturated heterocycles. The number of methoxy groups -OCH3 is 1. The lowest BCUT2D eigenvalue weighted by atomic mass is 10.1. The molecule has 0 aliphatic rings. The van der Waals surface area contributed by atoms with Crippen molar-refractivity contribution in [3.05, 3.63) is 30.1 Å². The standard InChI is InChI=1S/C14H19N3O2/c1-10-4-3-5-12-13(10)16-9-17-14(12)15-7-6-11(18)8-19-2/h3-5,9,11,18H,6-8H2,1-2H3,(H,15,16,17). The molecule has 102 valence electrons. The van der Waals surface area contributed by atoms with E-state index in [9.17, 15) is 5.11 Å². The van der Waals surface area contributed by atoms with E-state index in [1.54, 1.807) is 13.4 Å². The smallest absolute Gasteiger partial charge is 0.137 e. The molecule has 1 atom stereocenters. The first-order valence-corrected chi connectivity index (χ1v) is 6.33. The molecular formula is C14H19N3O2. The maximum absolute atomic E-state index is 9.59. The minimum atomic E-state index is -0.452. The van der Waals surface area contributed by atoms with E-state index in [0.29, 0.717) is 19.6 Å². The molecule has 0 fully saturated rings. The van der Waals surface area contributed by atoms with Gasteiger partial charge in [-0.25, -0.2) is 9.97 Å². The molecule has 0 aliphatic carbocycles. The molecular weight excluding hydrogens is 242 g/mol. The van der Waals surface area contributed by atoms with Crippen LogP contribution in [0.1, 0.15) is 12.0 Å². The molecule has 0 saturated carbocycles. The number of ether oxygens (including phenoxy) is 1. The summed E-state index contributed by atoms with van der Waals surface area (Å²) in [5, 5.41) is 13.8. The van der Waals surface area contributed by atoms with Gasteiger partial charge >= 0.3 is 0 Å². The van der Waals surface area contributed by atoms with Gasteiger partial charge < -0.3 is 15.2 Å². The highest BCUT2D eigenvalue weighted by atomic mass is 16.5. The van der Waals surface area contributed by atoms with E-state index in [4.69, 9.17) is 4.74 Å². The average molecular weight is 261 g/mol. The zero-order chi connectivity index (χ0) is 13.7. The van der Waals surface area contributed by atoms with Crippen LogP contribution in [0.25, 0.3) is 10.9 Å². The van der Waals surface area contributed by atoms with Crippen molar-refractivity contribution in [2.45, 2.75) is 19.4 Å². The molecule has 1 unspecified atom stereocenters. The number of nitrogens with zero attached hydrogens (tertiary/aromatic N) is 2. The summed E-state index contributed by atoms with van der Waals surface area (Å²) in [5.41, 5.74) is 2.08. The quantitative estimate of drug-likeness (QED) is 0.829. The summed E-state index contributed by atoms with van der Waals surface area (Å²) < 4.78 is 4.89. The van der Waals surface area contributed by atoms with Gasteiger partial charge in [0.25, 0.3) is 0 Å². The fraction of sp³-hybridized carbons (Fsp3) is 0.429. The lowest BCUT2D eigenvalue weighted by Gasteiger charge is -2.12. The number of nitrogens with one attached hydrogen (secondary N) is 1. The number of hydrogen-bond acceptors (Lipinski definition) is 5. The second-order valence-electron chi connectivity index (χ2n) is 4.52. The van der Waals surface area contributed by atoms with Crippen LogP contribution >= 0.6 is 0 Å². The Morgan fingerprint density at radius 3 is 3.00 bits per heavy atom. The van der Waals surface area contributed by atoms with E-state index in [-0.39, 0.29) is 0 Å². The first-order valence-electron chi connectivity index (χ1n) is 6.33. The van der Waals surface area contributed by atoms with Gasteiger partial charge in [0.2, 0.25) is 0 Å². The minimum absolute atomic E-state index is 0.352. The number of aromatic nitrogens is 2. The Morgan fingerprint density at radius 2 is 2.21 bits per heavy atom. The van der Waals surface area contributed by atoms with Crippen LogP contribution in [-0.4, -0.2) is 41.4 Å². The average Bonchev–Trinajstić information content (AvgIpc) is 2.40. The molecule has 2 rings (SSSR count). The van der Waals surface area contributed by atoms with Crippen LogP contribution in [0.4, 0.5) is 5.82 Å². The van der Waals surface area contributed by atoms with Crippen molar-refractivity contribution in [1.82, 2.24) is 9.97 Å². The zero-order valence-corrected chi connectivity index (χ0v) is 11.3. The molecule has 0 amide bonds. The molecule has 2 N–H and O–H groups in total. The fourth-order valence-corrected chi connectivity index (χ4v) is 2.01. The summed E-state index contributed by atoms with van der Waals surface area (Å²) in [6.45, 7) is 3.03. The molecule has 1 aromatic heterocycles. The van der Waals surface area contributed by atoms with Gasteiger partial charge in [-0.05, 0) is 25.0 Å². The van der Waals surface area contributed by atoms with E-state index < -0.39 is 6.10 Å². The predicted octanol–water partition coefficient (Wildman–Crippen LogP) is 1.75. The number of fused-ring (bicyclic) bond motifs is 1. The maximum atomic E-state index is 9.59. The SMILES string of the molecule is COCC(O)CCNc1ncnc2c(C)cccc12. The van der Waals surface area contributed by atoms with E-state index >= 15 is 0 Å². The third kappa shape index (κ3) is 3.39. The number of rotatable bonds is 6. The van der Waals surface area contributed by atoms with Crippen molar-refractivity contribution in [2.24, 2.45) is 0 Å². The molecule has 0 bridgehead atoms. The minimum Gasteiger partial charge on any atom is -0.391 e. The van der Waals surface area contributed by atoms with Gasteiger partial charge in [0.1, 0.15) is 12.1 Å². The van der Waals surface area contributed by atoms with Gasteiger partial charge in [-0.2, -0.15) is 0 Å². The van der Waals surface area contributed by atoms with E-state index in [1.807, 2.05) is 25.1 Å². The van der Waals surface area contributed by atoms with Gasteiger partial charge in [0.15, 0.2) is 0 Å². The summed E-state index contributed by atoms with van der Waals surface area (Å²) in [6, 6.07) is 6.02. The second kappa shape index (κ2) is 6.45. The van der Waals surface area contributed by atoms with Crippen molar-refractivity contribution in [2.75, 3.05) is 25.6 Å². The van der Waals surface area contributed by atoms with E-state index in [2.05, 4.69) is 15.3 Å². The molecule has 2 aromatic rings. The Morgan fingerprint density at radius 1 is 1.37 bits per heavy atom. The van der Waals surface area contributed by atoms with Crippen LogP contribution in [0.3, 0.4) is 0 Å². The van der Waals surface area contributed by atoms with Crippen molar-refractivity contribution in [3.63, 3.8) is 0 Å². The first-order chi connectivity index (χ1) is 9.22. The molecule has 5 nitrogen and oxygen atoms in total. The Balaban J connectivity index is 2.07. The number of aryl methyl sites for hydroxylation is 1. The lowest BCUT2D eigenvalue weighted by Crippen LogP contribution is -2.18. The number of para-hydroxylation sites is 1. The zero-order valence-electron chi connectivity index (χ0n) is 11.3. The topological polar surface area (TPSA) is 67.3 Å². The van der Waals surface area contributed by atoms with Crippen LogP contribution in [0.5, 0.6) is 0 Å². The number of aliphatic hydroxyl groups excluding tert-OH is 1. The highest BCUT2D eigenvalue weighted by Crippen LogP contribution is 2.21. The summed E-state index contributed by atoms with van der Waals surface area (Å²) in [7, 11) is 1.58. The van der Waals surface area contributed by atoms with Gasteiger partial charge in [-0.1, -0.05) is 12.1 Å². The van der Waals surface area contributed by atoms with Crippen molar-refractivity contribution in [3.8, 4) is 0 Å². The van der Waals surface area contributed by atoms with E-state index in [1.165, 1.54) is 0 Å². The Labute approximate surface area is 112 Å². The molecule has 0 aliphatic heterocycles. The summed E-state index contributed by atoms with van der Waals surface area (Å²) >= 11 is 0. The van der Waals surface area contributed by atoms with Crippen molar-refractivity contribution in [1.29, 1.82) is 0 Å². The van der Waals surface area contributed by atoms with Crippen LogP contribution < -0.4 is 5.32 Å². The predicted molar refractivity (Wildman–Crippen MR) is 75.3 cm³/mol. The third-order valence-electron chi connectivity index (χ3n) is 3.00. The molecule has 0 spiro atoms.